The molecule has 4 aliphatic heterocycles. The molecular formula is C104H82Cu2N8O11. The van der Waals surface area contributed by atoms with Crippen LogP contribution in [0.15, 0.2) is 243 Å². The summed E-state index contributed by atoms with van der Waals surface area (Å²) in [5.74, 6) is 5.38. The van der Waals surface area contributed by atoms with Gasteiger partial charge in [0.2, 0.25) is 0 Å². The molecule has 19 nitrogen and oxygen atoms in total. The van der Waals surface area contributed by atoms with Crippen molar-refractivity contribution in [3.8, 4) is 135 Å². The van der Waals surface area contributed by atoms with Gasteiger partial charge in [-0.15, -0.1) is 44.1 Å². The van der Waals surface area contributed by atoms with E-state index in [9.17, 15) is 9.90 Å². The molecule has 0 atom stereocenters. The van der Waals surface area contributed by atoms with E-state index in [4.69, 9.17) is 82.5 Å². The summed E-state index contributed by atoms with van der Waals surface area (Å²) in [5, 5.41) is 10.0. The van der Waals surface area contributed by atoms with Crippen molar-refractivity contribution in [1.82, 2.24) is 39.9 Å². The van der Waals surface area contributed by atoms with Gasteiger partial charge in [-0.1, -0.05) is 146 Å². The molecule has 0 fully saturated rings. The van der Waals surface area contributed by atoms with Crippen LogP contribution in [0.5, 0.6) is 46.0 Å². The minimum absolute atomic E-state index is 0. The van der Waals surface area contributed by atoms with Crippen LogP contribution in [0.4, 0.5) is 0 Å². The van der Waals surface area contributed by atoms with Gasteiger partial charge in [-0.25, -0.2) is 24.7 Å². The van der Waals surface area contributed by atoms with Gasteiger partial charge >= 0.3 is 40.1 Å². The SMILES string of the molecule is CCOC(=O)/C=C/c1cc2[n-]c1c(-c1ccc(OC)cc1)c1nc(c(-c3ccc(OC)cc3)c3ccc([n-]3)c(-c3ccc(OC)cc3)c3nc(c2-c2ccc(OC)cc2)C=C3)C=C1.COc1ccc(-c2c3nc(c(-c4ccc(OC)cc4)c4cc(/C=C/CO)c([n-]4)c(-c4ccc(OC)cc4)c4nc(c(-c5ccc(OC)cc5)c5ccc2[n-]5)C=C4)C=C3)cc1.[Cu+2].[Cu+2]. The summed E-state index contributed by atoms with van der Waals surface area (Å²) in [4.78, 5) is 56.1. The van der Waals surface area contributed by atoms with Crippen molar-refractivity contribution in [3.63, 3.8) is 0 Å². The van der Waals surface area contributed by atoms with Crippen molar-refractivity contribution in [1.29, 1.82) is 0 Å². The standard InChI is InChI=1S/C53H43N4O6.C51H40N4O5.2Cu/c1-6-63-48(58)30-15-36-31-47-51(34-11-20-39(61-4)21-12-34)45-27-26-43(55-45)49(32-7-16-37(59-2)17-8-32)41-24-25-42(54-41)50(33-9-18-38(60-3)19-10-33)44-28-29-46(56-44)52(53(36)57-47)35-13-22-40(62-5)23-14-35;1-57-36-15-7-31(8-16-36)47-40-23-24-41(52-40)48(32-9-17-37(58-2)18-10-32)43-27-28-45(54-43)50(34-13-21-39(60-4)22-14-34)51-35(6-5-29-56)30-46(55-51)49(44-26-25-42(47)53-44)33-11-19-38(59-3)20-12-33;;/h7-31H,6H2,1-5H3,(H-,54,55,56,57,58);5-28,30,56H,29H2,1-4H3;;/q-1;-2;2*+2/p-1/b;6-5+,47-40?,47-42?,48-41?,48-43?,49-44?,49-46?,50-45?,51-50?;;. The number of esters is 1. The van der Waals surface area contributed by atoms with Crippen molar-refractivity contribution in [2.24, 2.45) is 0 Å². The van der Waals surface area contributed by atoms with Gasteiger partial charge in [0.05, 0.1) is 116 Å². The average Bonchev–Trinajstić information content (AvgIpc) is 1.61. The third-order valence-electron chi connectivity index (χ3n) is 21.6. The molecule has 1 N–H and O–H groups in total. The number of hydrogen-bond acceptors (Lipinski definition) is 15. The zero-order valence-electron chi connectivity index (χ0n) is 69.5. The Bertz CT molecular complexity index is 6930. The van der Waals surface area contributed by atoms with E-state index in [0.717, 1.165) is 174 Å². The van der Waals surface area contributed by atoms with Gasteiger partial charge in [0.25, 0.3) is 0 Å². The van der Waals surface area contributed by atoms with Gasteiger partial charge in [0, 0.05) is 6.08 Å². The van der Waals surface area contributed by atoms with Gasteiger partial charge in [0.15, 0.2) is 0 Å². The van der Waals surface area contributed by atoms with Crippen LogP contribution in [-0.2, 0) is 43.7 Å². The van der Waals surface area contributed by atoms with E-state index in [1.54, 1.807) is 76.0 Å². The minimum atomic E-state index is -0.465. The number of carbonyl (C=O) groups is 1. The summed E-state index contributed by atoms with van der Waals surface area (Å²) in [6.07, 6.45) is 23.0. The van der Waals surface area contributed by atoms with Gasteiger partial charge in [-0.05, 0) is 259 Å². The van der Waals surface area contributed by atoms with E-state index in [0.29, 0.717) is 61.9 Å². The van der Waals surface area contributed by atoms with E-state index in [1.807, 2.05) is 279 Å². The van der Waals surface area contributed by atoms with E-state index < -0.39 is 5.97 Å². The average molecular weight is 1750 g/mol. The largest absolute Gasteiger partial charge is 2.00 e. The Labute approximate surface area is 743 Å². The fourth-order valence-electron chi connectivity index (χ4n) is 15.6. The first-order valence-corrected chi connectivity index (χ1v) is 39.8. The molecule has 0 spiro atoms. The molecule has 21 heteroatoms. The first-order valence-electron chi connectivity index (χ1n) is 39.8. The number of aromatic nitrogens is 8. The number of aliphatic hydroxyl groups excluding tert-OH is 1. The van der Waals surface area contributed by atoms with Crippen molar-refractivity contribution in [2.45, 2.75) is 6.92 Å². The minimum Gasteiger partial charge on any atom is -0.657 e. The van der Waals surface area contributed by atoms with Crippen molar-refractivity contribution >= 4 is 111 Å². The maximum absolute atomic E-state index is 12.9. The first kappa shape index (κ1) is 85.3. The van der Waals surface area contributed by atoms with Crippen LogP contribution in [0, 0.1) is 0 Å². The Morgan fingerprint density at radius 2 is 0.496 bits per heavy atom. The molecule has 0 aliphatic carbocycles. The smallest absolute Gasteiger partial charge is 0.657 e. The number of nitrogens with zero attached hydrogens (tertiary/aromatic N) is 8. The van der Waals surface area contributed by atoms with E-state index in [1.165, 1.54) is 6.08 Å². The molecule has 0 saturated heterocycles. The monoisotopic (exact) mass is 1740 g/mol. The fourth-order valence-corrected chi connectivity index (χ4v) is 15.6. The molecule has 0 saturated carbocycles. The van der Waals surface area contributed by atoms with Crippen LogP contribution in [0.1, 0.15) is 63.6 Å². The number of benzene rings is 8. The molecular weight excluding hydrogens is 1660 g/mol. The number of carbonyl (C=O) groups excluding carboxylic acids is 1. The van der Waals surface area contributed by atoms with E-state index in [2.05, 4.69) is 6.07 Å². The maximum Gasteiger partial charge on any atom is 2.00 e. The topological polar surface area (TPSA) is 228 Å². The number of rotatable bonds is 21. The summed E-state index contributed by atoms with van der Waals surface area (Å²) in [5.41, 5.74) is 26.5. The number of aliphatic hydroxyl groups is 1. The Morgan fingerprint density at radius 3 is 0.712 bits per heavy atom. The molecule has 16 bridgehead atoms. The van der Waals surface area contributed by atoms with Crippen molar-refractivity contribution < 1.29 is 86.7 Å². The summed E-state index contributed by atoms with van der Waals surface area (Å²) in [6.45, 7) is 1.88. The van der Waals surface area contributed by atoms with Gasteiger partial charge in [0.1, 0.15) is 46.0 Å². The summed E-state index contributed by atoms with van der Waals surface area (Å²) in [7, 11) is 13.2. The third kappa shape index (κ3) is 17.6. The van der Waals surface area contributed by atoms with Crippen LogP contribution in [0.25, 0.3) is 194 Å². The van der Waals surface area contributed by atoms with E-state index >= 15 is 0 Å². The van der Waals surface area contributed by atoms with Crippen LogP contribution >= 0.6 is 0 Å². The first-order chi connectivity index (χ1) is 60.3. The normalized spacial score (nSPS) is 11.7. The maximum atomic E-state index is 12.9. The second-order valence-corrected chi connectivity index (χ2v) is 28.7. The second kappa shape index (κ2) is 38.2. The molecule has 2 radical (unpaired) electrons. The fraction of sp³-hybridized carbons (Fsp3) is 0.106. The zero-order valence-corrected chi connectivity index (χ0v) is 71.4. The summed E-state index contributed by atoms with van der Waals surface area (Å²) < 4.78 is 49.7. The summed E-state index contributed by atoms with van der Waals surface area (Å²) in [6, 6.07) is 75.4. The Balaban J connectivity index is 0.000000190. The van der Waals surface area contributed by atoms with Gasteiger partial charge in [-0.3, -0.25) is 0 Å². The molecule has 4 aliphatic rings. The quantitative estimate of drug-likeness (QED) is 0.0400. The predicted molar refractivity (Wildman–Crippen MR) is 491 cm³/mol. The molecule has 0 amide bonds. The zero-order chi connectivity index (χ0) is 84.6. The molecule has 8 aromatic carbocycles. The Hall–Kier alpha value is -14.7. The van der Waals surface area contributed by atoms with Crippen molar-refractivity contribution in [2.75, 3.05) is 70.1 Å². The second-order valence-electron chi connectivity index (χ2n) is 28.7. The molecule has 0 unspecified atom stereocenters. The molecule has 18 rings (SSSR count). The molecule has 10 heterocycles. The third-order valence-corrected chi connectivity index (χ3v) is 21.6. The molecule has 626 valence electrons. The van der Waals surface area contributed by atoms with Gasteiger partial charge in [-0.2, -0.15) is 0 Å². The van der Waals surface area contributed by atoms with E-state index in [-0.39, 0.29) is 47.4 Å². The summed E-state index contributed by atoms with van der Waals surface area (Å²) >= 11 is 0. The predicted octanol–water partition coefficient (Wildman–Crippen LogP) is 21.8. The Morgan fingerprint density at radius 1 is 0.288 bits per heavy atom. The van der Waals surface area contributed by atoms with Crippen LogP contribution in [0.2, 0.25) is 0 Å². The Kier molecular flexibility index (Phi) is 26.0. The van der Waals surface area contributed by atoms with Crippen LogP contribution in [0.3, 0.4) is 0 Å². The van der Waals surface area contributed by atoms with Crippen LogP contribution < -0.4 is 57.8 Å². The molecule has 14 aromatic rings. The van der Waals surface area contributed by atoms with Crippen LogP contribution in [-0.4, -0.2) is 101 Å². The number of ether oxygens (including phenoxy) is 9. The molecule has 6 aromatic heterocycles. The van der Waals surface area contributed by atoms with Crippen molar-refractivity contribution in [3.05, 3.63) is 299 Å². The number of hydrogen-bond donors (Lipinski definition) is 1. The van der Waals surface area contributed by atoms with Gasteiger partial charge < -0.3 is 67.7 Å². The molecule has 125 heavy (non-hydrogen) atoms. The number of fused-ring (bicyclic) bond motifs is 16. The number of methoxy groups -OCH3 is 8.